The van der Waals surface area contributed by atoms with E-state index in [1.165, 1.54) is 5.56 Å². The van der Waals surface area contributed by atoms with Gasteiger partial charge in [-0.05, 0) is 37.2 Å². The molecule has 0 radical (unpaired) electrons. The molecule has 29 heavy (non-hydrogen) atoms. The number of carbonyl (C=O) groups excluding carboxylic acids is 3. The van der Waals surface area contributed by atoms with Gasteiger partial charge in [0, 0.05) is 19.6 Å². The third-order valence-corrected chi connectivity index (χ3v) is 5.58. The quantitative estimate of drug-likeness (QED) is 0.410. The van der Waals surface area contributed by atoms with Gasteiger partial charge in [-0.25, -0.2) is 4.79 Å². The van der Waals surface area contributed by atoms with E-state index in [4.69, 9.17) is 4.74 Å². The fourth-order valence-electron chi connectivity index (χ4n) is 4.07. The number of likely N-dealkylation sites (tertiary alicyclic amines) is 1. The van der Waals surface area contributed by atoms with E-state index >= 15 is 0 Å². The lowest BCUT2D eigenvalue weighted by Crippen LogP contribution is -2.55. The maximum absolute atomic E-state index is 12.9. The summed E-state index contributed by atoms with van der Waals surface area (Å²) in [4.78, 5) is 40.7. The number of urea groups is 1. The molecule has 1 spiro atoms. The molecule has 1 N–H and O–H groups in total. The standard InChI is InChI=1S/C22H31N3O4/c1-17(2)15-24-12-10-22(11-13-24)20(27)25(21(28)23-22)16-19(26)29-14-6-9-18-7-4-3-5-8-18/h3-5,7-8,17H,6,9-16H2,1-2H3,(H,23,28). The Bertz CT molecular complexity index is 727. The number of esters is 1. The molecule has 0 aromatic heterocycles. The largest absolute Gasteiger partial charge is 0.464 e. The fraction of sp³-hybridized carbons (Fsp3) is 0.591. The van der Waals surface area contributed by atoms with Crippen LogP contribution in [0.5, 0.6) is 0 Å². The summed E-state index contributed by atoms with van der Waals surface area (Å²) in [5.74, 6) is -0.283. The van der Waals surface area contributed by atoms with E-state index in [-0.39, 0.29) is 19.1 Å². The molecule has 0 bridgehead atoms. The highest BCUT2D eigenvalue weighted by molar-refractivity contribution is 6.08. The van der Waals surface area contributed by atoms with Crippen molar-refractivity contribution in [1.29, 1.82) is 0 Å². The minimum Gasteiger partial charge on any atom is -0.464 e. The molecular weight excluding hydrogens is 370 g/mol. The van der Waals surface area contributed by atoms with Gasteiger partial charge in [0.05, 0.1) is 6.61 Å². The van der Waals surface area contributed by atoms with Crippen molar-refractivity contribution in [2.75, 3.05) is 32.8 Å². The van der Waals surface area contributed by atoms with Crippen molar-refractivity contribution in [3.05, 3.63) is 35.9 Å². The van der Waals surface area contributed by atoms with Crippen LogP contribution in [0.4, 0.5) is 4.79 Å². The summed E-state index contributed by atoms with van der Waals surface area (Å²) in [6.07, 6.45) is 2.67. The van der Waals surface area contributed by atoms with Gasteiger partial charge >= 0.3 is 12.0 Å². The average Bonchev–Trinajstić information content (AvgIpc) is 2.92. The molecule has 2 saturated heterocycles. The molecule has 2 aliphatic rings. The lowest BCUT2D eigenvalue weighted by atomic mass is 9.87. The van der Waals surface area contributed by atoms with E-state index in [0.29, 0.717) is 25.2 Å². The molecule has 2 heterocycles. The Labute approximate surface area is 172 Å². The minimum absolute atomic E-state index is 0.271. The van der Waals surface area contributed by atoms with Crippen LogP contribution in [0.15, 0.2) is 30.3 Å². The molecule has 7 nitrogen and oxygen atoms in total. The van der Waals surface area contributed by atoms with Crippen molar-refractivity contribution < 1.29 is 19.1 Å². The van der Waals surface area contributed by atoms with Crippen molar-refractivity contribution in [3.63, 3.8) is 0 Å². The van der Waals surface area contributed by atoms with Crippen LogP contribution in [-0.2, 0) is 20.7 Å². The average molecular weight is 402 g/mol. The predicted octanol–water partition coefficient (Wildman–Crippen LogP) is 2.20. The van der Waals surface area contributed by atoms with Gasteiger partial charge in [0.2, 0.25) is 0 Å². The highest BCUT2D eigenvalue weighted by Gasteiger charge is 2.52. The number of carbonyl (C=O) groups is 3. The van der Waals surface area contributed by atoms with Crippen molar-refractivity contribution in [2.45, 2.75) is 45.1 Å². The first kappa shape index (κ1) is 21.3. The number of hydrogen-bond acceptors (Lipinski definition) is 5. The number of imide groups is 1. The molecule has 3 rings (SSSR count). The van der Waals surface area contributed by atoms with E-state index in [2.05, 4.69) is 24.1 Å². The first-order valence-corrected chi connectivity index (χ1v) is 10.5. The van der Waals surface area contributed by atoms with E-state index in [1.54, 1.807) is 0 Å². The van der Waals surface area contributed by atoms with Gasteiger partial charge in [0.25, 0.3) is 5.91 Å². The summed E-state index contributed by atoms with van der Waals surface area (Å²) < 4.78 is 5.24. The molecule has 158 valence electrons. The van der Waals surface area contributed by atoms with Gasteiger partial charge in [-0.1, -0.05) is 44.2 Å². The number of ether oxygens (including phenoxy) is 1. The van der Waals surface area contributed by atoms with Crippen molar-refractivity contribution in [1.82, 2.24) is 15.1 Å². The lowest BCUT2D eigenvalue weighted by Gasteiger charge is -2.37. The van der Waals surface area contributed by atoms with E-state index in [9.17, 15) is 14.4 Å². The number of nitrogens with one attached hydrogen (secondary N) is 1. The Balaban J connectivity index is 1.44. The fourth-order valence-corrected chi connectivity index (χ4v) is 4.07. The van der Waals surface area contributed by atoms with Crippen LogP contribution < -0.4 is 5.32 Å². The minimum atomic E-state index is -0.863. The van der Waals surface area contributed by atoms with E-state index in [1.807, 2.05) is 30.3 Å². The normalized spacial score (nSPS) is 19.1. The summed E-state index contributed by atoms with van der Waals surface area (Å²) >= 11 is 0. The SMILES string of the molecule is CC(C)CN1CCC2(CC1)NC(=O)N(CC(=O)OCCCc1ccccc1)C2=O. The molecular formula is C22H31N3O4. The van der Waals surface area contributed by atoms with Crippen LogP contribution in [0.2, 0.25) is 0 Å². The van der Waals surface area contributed by atoms with Crippen LogP contribution in [0, 0.1) is 5.92 Å². The molecule has 2 fully saturated rings. The van der Waals surface area contributed by atoms with Crippen LogP contribution in [0.3, 0.4) is 0 Å². The summed E-state index contributed by atoms with van der Waals surface area (Å²) in [6.45, 7) is 6.79. The van der Waals surface area contributed by atoms with Gasteiger partial charge < -0.3 is 15.0 Å². The molecule has 0 unspecified atom stereocenters. The zero-order chi connectivity index (χ0) is 20.9. The number of amides is 3. The topological polar surface area (TPSA) is 79.0 Å². The molecule has 1 aromatic rings. The Morgan fingerprint density at radius 2 is 1.86 bits per heavy atom. The molecule has 0 aliphatic carbocycles. The van der Waals surface area contributed by atoms with Crippen LogP contribution in [0.25, 0.3) is 0 Å². The van der Waals surface area contributed by atoms with Crippen molar-refractivity contribution in [3.8, 4) is 0 Å². The third-order valence-electron chi connectivity index (χ3n) is 5.58. The van der Waals surface area contributed by atoms with Gasteiger partial charge in [-0.15, -0.1) is 0 Å². The Hall–Kier alpha value is -2.41. The number of rotatable bonds is 8. The second kappa shape index (κ2) is 9.39. The monoisotopic (exact) mass is 401 g/mol. The van der Waals surface area contributed by atoms with Gasteiger partial charge in [-0.2, -0.15) is 0 Å². The second-order valence-corrected chi connectivity index (χ2v) is 8.41. The molecule has 1 aromatic carbocycles. The highest BCUT2D eigenvalue weighted by atomic mass is 16.5. The van der Waals surface area contributed by atoms with Gasteiger partial charge in [0.15, 0.2) is 0 Å². The number of benzene rings is 1. The molecule has 7 heteroatoms. The zero-order valence-electron chi connectivity index (χ0n) is 17.4. The number of piperidine rings is 1. The Morgan fingerprint density at radius 3 is 2.52 bits per heavy atom. The molecule has 0 saturated carbocycles. The van der Waals surface area contributed by atoms with Crippen molar-refractivity contribution >= 4 is 17.9 Å². The van der Waals surface area contributed by atoms with E-state index in [0.717, 1.165) is 31.0 Å². The maximum Gasteiger partial charge on any atom is 0.326 e. The Kier molecular flexibility index (Phi) is 6.90. The lowest BCUT2D eigenvalue weighted by molar-refractivity contribution is -0.148. The Morgan fingerprint density at radius 1 is 1.17 bits per heavy atom. The summed E-state index contributed by atoms with van der Waals surface area (Å²) in [5.41, 5.74) is 0.321. The predicted molar refractivity (Wildman–Crippen MR) is 109 cm³/mol. The second-order valence-electron chi connectivity index (χ2n) is 8.41. The zero-order valence-corrected chi connectivity index (χ0v) is 17.4. The van der Waals surface area contributed by atoms with Crippen LogP contribution >= 0.6 is 0 Å². The summed E-state index contributed by atoms with van der Waals surface area (Å²) in [6, 6.07) is 9.47. The van der Waals surface area contributed by atoms with Crippen molar-refractivity contribution in [2.24, 2.45) is 5.92 Å². The van der Waals surface area contributed by atoms with E-state index < -0.39 is 17.5 Å². The molecule has 0 atom stereocenters. The smallest absolute Gasteiger partial charge is 0.326 e. The summed E-state index contributed by atoms with van der Waals surface area (Å²) in [7, 11) is 0. The number of nitrogens with zero attached hydrogens (tertiary/aromatic N) is 2. The van der Waals surface area contributed by atoms with Gasteiger partial charge in [-0.3, -0.25) is 14.5 Å². The summed E-state index contributed by atoms with van der Waals surface area (Å²) in [5, 5.41) is 2.84. The highest BCUT2D eigenvalue weighted by Crippen LogP contribution is 2.29. The van der Waals surface area contributed by atoms with Gasteiger partial charge in [0.1, 0.15) is 12.1 Å². The maximum atomic E-state index is 12.9. The van der Waals surface area contributed by atoms with Crippen LogP contribution in [0.1, 0.15) is 38.7 Å². The first-order chi connectivity index (χ1) is 13.9. The third kappa shape index (κ3) is 5.35. The first-order valence-electron chi connectivity index (χ1n) is 10.5. The molecule has 2 aliphatic heterocycles. The number of hydrogen-bond donors (Lipinski definition) is 1. The molecule has 3 amide bonds. The number of aryl methyl sites for hydroxylation is 1. The van der Waals surface area contributed by atoms with Crippen LogP contribution in [-0.4, -0.2) is 66.0 Å².